The Bertz CT molecular complexity index is 569. The second kappa shape index (κ2) is 11.8. The highest BCUT2D eigenvalue weighted by Gasteiger charge is 2.19. The number of hydrogen-bond acceptors (Lipinski definition) is 4. The van der Waals surface area contributed by atoms with E-state index in [-0.39, 0.29) is 6.04 Å². The van der Waals surface area contributed by atoms with Crippen molar-refractivity contribution in [3.63, 3.8) is 0 Å². The number of guanidine groups is 1. The van der Waals surface area contributed by atoms with Crippen LogP contribution in [-0.4, -0.2) is 63.4 Å². The lowest BCUT2D eigenvalue weighted by molar-refractivity contribution is 0.113. The molecule has 0 aliphatic carbocycles. The number of nitrogens with zero attached hydrogens (tertiary/aromatic N) is 2. The van der Waals surface area contributed by atoms with E-state index < -0.39 is 0 Å². The number of benzene rings is 1. The summed E-state index contributed by atoms with van der Waals surface area (Å²) in [5.74, 6) is 1.74. The first-order valence-corrected chi connectivity index (χ1v) is 10.2. The van der Waals surface area contributed by atoms with Crippen LogP contribution in [0.1, 0.15) is 45.2 Å². The van der Waals surface area contributed by atoms with Crippen LogP contribution < -0.4 is 15.4 Å². The quantitative estimate of drug-likeness (QED) is 0.486. The highest BCUT2D eigenvalue weighted by atomic mass is 16.5. The third-order valence-electron chi connectivity index (χ3n) is 5.02. The Morgan fingerprint density at radius 3 is 2.74 bits per heavy atom. The van der Waals surface area contributed by atoms with Gasteiger partial charge < -0.3 is 20.1 Å². The van der Waals surface area contributed by atoms with Gasteiger partial charge >= 0.3 is 0 Å². The smallest absolute Gasteiger partial charge is 0.191 e. The standard InChI is InChI=1S/C21H36N4O2/c1-5-22-21(23-15-19-12-9-13-27-19)24-16-20(25(6-2)7-3)17-10-8-11-18(14-17)26-4/h8,10-11,14,19-20H,5-7,9,12-13,15-16H2,1-4H3,(H2,22,23,24). The molecule has 2 N–H and O–H groups in total. The van der Waals surface area contributed by atoms with Crippen LogP contribution in [0.2, 0.25) is 0 Å². The second-order valence-electron chi connectivity index (χ2n) is 6.75. The van der Waals surface area contributed by atoms with Gasteiger partial charge in [-0.15, -0.1) is 0 Å². The van der Waals surface area contributed by atoms with E-state index in [1.807, 2.05) is 6.07 Å². The van der Waals surface area contributed by atoms with E-state index in [0.717, 1.165) is 57.3 Å². The van der Waals surface area contributed by atoms with Crippen molar-refractivity contribution in [3.8, 4) is 5.75 Å². The van der Waals surface area contributed by atoms with Crippen molar-refractivity contribution < 1.29 is 9.47 Å². The Morgan fingerprint density at radius 1 is 1.30 bits per heavy atom. The molecule has 0 aromatic heterocycles. The second-order valence-corrected chi connectivity index (χ2v) is 6.75. The topological polar surface area (TPSA) is 58.1 Å². The zero-order valence-electron chi connectivity index (χ0n) is 17.3. The first kappa shape index (κ1) is 21.5. The van der Waals surface area contributed by atoms with Gasteiger partial charge in [0.15, 0.2) is 5.96 Å². The molecular weight excluding hydrogens is 340 g/mol. The summed E-state index contributed by atoms with van der Waals surface area (Å²) in [4.78, 5) is 7.31. The van der Waals surface area contributed by atoms with Gasteiger partial charge in [0.2, 0.25) is 0 Å². The fraction of sp³-hybridized carbons (Fsp3) is 0.667. The van der Waals surface area contributed by atoms with Crippen molar-refractivity contribution in [2.75, 3.05) is 46.4 Å². The maximum absolute atomic E-state index is 5.71. The maximum atomic E-state index is 5.71. The van der Waals surface area contributed by atoms with Crippen molar-refractivity contribution in [3.05, 3.63) is 29.8 Å². The molecule has 27 heavy (non-hydrogen) atoms. The predicted octanol–water partition coefficient (Wildman–Crippen LogP) is 2.81. The zero-order valence-corrected chi connectivity index (χ0v) is 17.3. The van der Waals surface area contributed by atoms with Crippen LogP contribution in [0.5, 0.6) is 5.75 Å². The molecule has 0 amide bonds. The van der Waals surface area contributed by atoms with E-state index in [0.29, 0.717) is 12.6 Å². The number of hydrogen-bond donors (Lipinski definition) is 2. The monoisotopic (exact) mass is 376 g/mol. The van der Waals surface area contributed by atoms with Crippen LogP contribution in [0, 0.1) is 0 Å². The lowest BCUT2D eigenvalue weighted by atomic mass is 10.0. The molecule has 1 fully saturated rings. The van der Waals surface area contributed by atoms with Crippen LogP contribution in [0.15, 0.2) is 29.3 Å². The van der Waals surface area contributed by atoms with Crippen LogP contribution in [-0.2, 0) is 4.74 Å². The minimum Gasteiger partial charge on any atom is -0.497 e. The van der Waals surface area contributed by atoms with E-state index in [1.165, 1.54) is 5.56 Å². The first-order valence-electron chi connectivity index (χ1n) is 10.2. The molecule has 0 saturated carbocycles. The van der Waals surface area contributed by atoms with E-state index in [2.05, 4.69) is 54.5 Å². The predicted molar refractivity (Wildman–Crippen MR) is 112 cm³/mol. The van der Waals surface area contributed by atoms with Crippen molar-refractivity contribution >= 4 is 5.96 Å². The summed E-state index contributed by atoms with van der Waals surface area (Å²) in [5, 5.41) is 6.79. The molecule has 0 spiro atoms. The number of ether oxygens (including phenoxy) is 2. The molecule has 1 aliphatic rings. The van der Waals surface area contributed by atoms with Crippen LogP contribution in [0.3, 0.4) is 0 Å². The van der Waals surface area contributed by atoms with Gasteiger partial charge in [0.05, 0.1) is 25.8 Å². The van der Waals surface area contributed by atoms with Gasteiger partial charge in [-0.05, 0) is 50.6 Å². The molecule has 2 atom stereocenters. The summed E-state index contributed by atoms with van der Waals surface area (Å²) in [5.41, 5.74) is 1.23. The molecule has 0 radical (unpaired) electrons. The Hall–Kier alpha value is -1.79. The summed E-state index contributed by atoms with van der Waals surface area (Å²) in [6.45, 7) is 11.7. The minimum atomic E-state index is 0.216. The van der Waals surface area contributed by atoms with E-state index in [9.17, 15) is 0 Å². The van der Waals surface area contributed by atoms with Crippen LogP contribution in [0.4, 0.5) is 0 Å². The normalized spacial score (nSPS) is 18.6. The largest absolute Gasteiger partial charge is 0.497 e. The van der Waals surface area contributed by atoms with Gasteiger partial charge in [0, 0.05) is 19.7 Å². The summed E-state index contributed by atoms with van der Waals surface area (Å²) in [7, 11) is 1.71. The number of aliphatic imine (C=N–C) groups is 1. The summed E-state index contributed by atoms with van der Waals surface area (Å²) in [6, 6.07) is 8.53. The van der Waals surface area contributed by atoms with Gasteiger partial charge in [0.1, 0.15) is 5.75 Å². The molecule has 1 aliphatic heterocycles. The Morgan fingerprint density at radius 2 is 2.11 bits per heavy atom. The molecule has 2 rings (SSSR count). The maximum Gasteiger partial charge on any atom is 0.191 e. The number of methoxy groups -OCH3 is 1. The van der Waals surface area contributed by atoms with E-state index in [4.69, 9.17) is 14.5 Å². The van der Waals surface area contributed by atoms with Gasteiger partial charge in [-0.3, -0.25) is 9.89 Å². The molecule has 2 unspecified atom stereocenters. The van der Waals surface area contributed by atoms with Gasteiger partial charge in [-0.25, -0.2) is 0 Å². The first-order chi connectivity index (χ1) is 13.2. The van der Waals surface area contributed by atoms with Crippen LogP contribution in [0.25, 0.3) is 0 Å². The molecule has 1 saturated heterocycles. The Labute approximate surface area is 164 Å². The average Bonchev–Trinajstić information content (AvgIpc) is 3.22. The number of rotatable bonds is 10. The summed E-state index contributed by atoms with van der Waals surface area (Å²) >= 11 is 0. The lowest BCUT2D eigenvalue weighted by Gasteiger charge is -2.29. The summed E-state index contributed by atoms with van der Waals surface area (Å²) < 4.78 is 11.1. The van der Waals surface area contributed by atoms with Gasteiger partial charge in [-0.1, -0.05) is 26.0 Å². The van der Waals surface area contributed by atoms with Crippen molar-refractivity contribution in [2.24, 2.45) is 4.99 Å². The Kier molecular flexibility index (Phi) is 9.42. The molecular formula is C21H36N4O2. The summed E-state index contributed by atoms with van der Waals surface area (Å²) in [6.07, 6.45) is 2.57. The highest BCUT2D eigenvalue weighted by molar-refractivity contribution is 5.79. The molecule has 1 heterocycles. The third-order valence-corrected chi connectivity index (χ3v) is 5.02. The molecule has 1 aromatic carbocycles. The van der Waals surface area contributed by atoms with Crippen molar-refractivity contribution in [2.45, 2.75) is 45.8 Å². The highest BCUT2D eigenvalue weighted by Crippen LogP contribution is 2.24. The molecule has 0 bridgehead atoms. The van der Waals surface area contributed by atoms with E-state index in [1.54, 1.807) is 7.11 Å². The average molecular weight is 377 g/mol. The fourth-order valence-electron chi connectivity index (χ4n) is 3.48. The van der Waals surface area contributed by atoms with Crippen LogP contribution >= 0.6 is 0 Å². The number of likely N-dealkylation sites (N-methyl/N-ethyl adjacent to an activating group) is 1. The fourth-order valence-corrected chi connectivity index (χ4v) is 3.48. The van der Waals surface area contributed by atoms with Crippen molar-refractivity contribution in [1.29, 1.82) is 0 Å². The number of nitrogens with one attached hydrogen (secondary N) is 2. The molecule has 6 heteroatoms. The SMILES string of the molecule is CCNC(=NCC(c1cccc(OC)c1)N(CC)CC)NCC1CCCO1. The third kappa shape index (κ3) is 6.70. The zero-order chi connectivity index (χ0) is 19.5. The molecule has 152 valence electrons. The van der Waals surface area contributed by atoms with Gasteiger partial charge in [-0.2, -0.15) is 0 Å². The molecule has 6 nitrogen and oxygen atoms in total. The minimum absolute atomic E-state index is 0.216. The van der Waals surface area contributed by atoms with E-state index >= 15 is 0 Å². The Balaban J connectivity index is 2.11. The van der Waals surface area contributed by atoms with Gasteiger partial charge in [0.25, 0.3) is 0 Å². The lowest BCUT2D eigenvalue weighted by Crippen LogP contribution is -2.41. The molecule has 1 aromatic rings. The van der Waals surface area contributed by atoms with Crippen molar-refractivity contribution in [1.82, 2.24) is 15.5 Å².